The van der Waals surface area contributed by atoms with Gasteiger partial charge >= 0.3 is 0 Å². The molecule has 1 aromatic heterocycles. The number of amides is 1. The standard InChI is InChI=1S/C25H29N3O2/c1-2-15-27(18-19-10-6-5-7-11-19)24(29)20-13-14-21-22(17-20)26-23-12-8-3-4-9-16-28(23)25(21)30/h5-7,10-11,13-14,17H,2-4,8-9,12,15-16,18H2,1H3. The van der Waals surface area contributed by atoms with Gasteiger partial charge in [0.25, 0.3) is 11.5 Å². The van der Waals surface area contributed by atoms with Gasteiger partial charge in [-0.05, 0) is 43.0 Å². The molecule has 1 amide bonds. The minimum Gasteiger partial charge on any atom is -0.334 e. The van der Waals surface area contributed by atoms with Crippen molar-refractivity contribution in [3.63, 3.8) is 0 Å². The molecule has 2 heterocycles. The van der Waals surface area contributed by atoms with E-state index in [1.165, 1.54) is 6.42 Å². The molecule has 0 N–H and O–H groups in total. The van der Waals surface area contributed by atoms with Crippen molar-refractivity contribution in [1.29, 1.82) is 0 Å². The summed E-state index contributed by atoms with van der Waals surface area (Å²) in [5.41, 5.74) is 2.35. The summed E-state index contributed by atoms with van der Waals surface area (Å²) in [5, 5.41) is 0.598. The van der Waals surface area contributed by atoms with Crippen molar-refractivity contribution in [3.8, 4) is 0 Å². The van der Waals surface area contributed by atoms with Crippen LogP contribution < -0.4 is 5.56 Å². The predicted molar refractivity (Wildman–Crippen MR) is 120 cm³/mol. The van der Waals surface area contributed by atoms with Crippen molar-refractivity contribution < 1.29 is 4.79 Å². The minimum atomic E-state index is -0.0174. The van der Waals surface area contributed by atoms with Gasteiger partial charge in [-0.2, -0.15) is 0 Å². The molecule has 156 valence electrons. The summed E-state index contributed by atoms with van der Waals surface area (Å²) in [5.74, 6) is 0.836. The van der Waals surface area contributed by atoms with Crippen LogP contribution in [0.25, 0.3) is 10.9 Å². The van der Waals surface area contributed by atoms with Crippen LogP contribution in [0.1, 0.15) is 60.8 Å². The van der Waals surface area contributed by atoms with Crippen LogP contribution in [0.3, 0.4) is 0 Å². The molecule has 0 saturated carbocycles. The van der Waals surface area contributed by atoms with Crippen LogP contribution in [-0.4, -0.2) is 26.9 Å². The second-order valence-corrected chi connectivity index (χ2v) is 8.09. The lowest BCUT2D eigenvalue weighted by atomic mass is 10.1. The average Bonchev–Trinajstić information content (AvgIpc) is 2.75. The first-order valence-corrected chi connectivity index (χ1v) is 11.0. The quantitative estimate of drug-likeness (QED) is 0.627. The van der Waals surface area contributed by atoms with E-state index in [9.17, 15) is 9.59 Å². The number of nitrogens with zero attached hydrogens (tertiary/aromatic N) is 3. The normalized spacial score (nSPS) is 14.0. The van der Waals surface area contributed by atoms with Crippen LogP contribution in [-0.2, 0) is 19.5 Å². The van der Waals surface area contributed by atoms with Crippen molar-refractivity contribution in [2.75, 3.05) is 6.54 Å². The number of benzene rings is 2. The lowest BCUT2D eigenvalue weighted by Gasteiger charge is -2.23. The Labute approximate surface area is 177 Å². The first-order valence-electron chi connectivity index (χ1n) is 11.0. The van der Waals surface area contributed by atoms with Gasteiger partial charge in [-0.15, -0.1) is 0 Å². The topological polar surface area (TPSA) is 55.2 Å². The third-order valence-corrected chi connectivity index (χ3v) is 5.81. The molecule has 0 aliphatic carbocycles. The van der Waals surface area contributed by atoms with E-state index in [1.807, 2.05) is 39.8 Å². The Morgan fingerprint density at radius 1 is 1.07 bits per heavy atom. The van der Waals surface area contributed by atoms with Crippen LogP contribution in [0.5, 0.6) is 0 Å². The molecular formula is C25H29N3O2. The van der Waals surface area contributed by atoms with Gasteiger partial charge in [0.15, 0.2) is 0 Å². The molecule has 5 nitrogen and oxygen atoms in total. The Morgan fingerprint density at radius 3 is 2.67 bits per heavy atom. The first-order chi connectivity index (χ1) is 14.7. The number of hydrogen-bond donors (Lipinski definition) is 0. The summed E-state index contributed by atoms with van der Waals surface area (Å²) in [6.45, 7) is 4.07. The fraction of sp³-hybridized carbons (Fsp3) is 0.400. The van der Waals surface area contributed by atoms with Crippen molar-refractivity contribution in [2.45, 2.75) is 58.5 Å². The Morgan fingerprint density at radius 2 is 1.87 bits per heavy atom. The molecule has 0 saturated heterocycles. The molecule has 2 aromatic carbocycles. The van der Waals surface area contributed by atoms with Gasteiger partial charge in [0.05, 0.1) is 10.9 Å². The molecule has 30 heavy (non-hydrogen) atoms. The summed E-state index contributed by atoms with van der Waals surface area (Å²) in [6.07, 6.45) is 6.11. The molecule has 5 heteroatoms. The third-order valence-electron chi connectivity index (χ3n) is 5.81. The highest BCUT2D eigenvalue weighted by atomic mass is 16.2. The summed E-state index contributed by atoms with van der Waals surface area (Å²) in [7, 11) is 0. The monoisotopic (exact) mass is 403 g/mol. The Bertz CT molecular complexity index is 1090. The van der Waals surface area contributed by atoms with E-state index in [0.717, 1.165) is 50.0 Å². The molecule has 0 fully saturated rings. The minimum absolute atomic E-state index is 0.0174. The van der Waals surface area contributed by atoms with Crippen molar-refractivity contribution >= 4 is 16.8 Å². The number of hydrogen-bond acceptors (Lipinski definition) is 3. The maximum atomic E-state index is 13.3. The van der Waals surface area contributed by atoms with Crippen LogP contribution in [0.2, 0.25) is 0 Å². The lowest BCUT2D eigenvalue weighted by Crippen LogP contribution is -2.31. The van der Waals surface area contributed by atoms with E-state index < -0.39 is 0 Å². The second-order valence-electron chi connectivity index (χ2n) is 8.09. The highest BCUT2D eigenvalue weighted by Crippen LogP contribution is 2.18. The molecule has 0 atom stereocenters. The highest BCUT2D eigenvalue weighted by Gasteiger charge is 2.18. The van der Waals surface area contributed by atoms with Crippen molar-refractivity contribution in [2.24, 2.45) is 0 Å². The number of aryl methyl sites for hydroxylation is 1. The molecule has 1 aliphatic heterocycles. The van der Waals surface area contributed by atoms with Gasteiger partial charge in [-0.1, -0.05) is 50.1 Å². The van der Waals surface area contributed by atoms with Gasteiger partial charge in [0.2, 0.25) is 0 Å². The fourth-order valence-electron chi connectivity index (χ4n) is 4.24. The molecule has 0 bridgehead atoms. The Kier molecular flexibility index (Phi) is 6.26. The molecule has 0 radical (unpaired) electrons. The summed E-state index contributed by atoms with van der Waals surface area (Å²) in [6, 6.07) is 15.4. The van der Waals surface area contributed by atoms with Crippen LogP contribution in [0.4, 0.5) is 0 Å². The van der Waals surface area contributed by atoms with Gasteiger partial charge in [0.1, 0.15) is 5.82 Å². The van der Waals surface area contributed by atoms with Crippen LogP contribution in [0, 0.1) is 0 Å². The lowest BCUT2D eigenvalue weighted by molar-refractivity contribution is 0.0743. The highest BCUT2D eigenvalue weighted by molar-refractivity contribution is 5.97. The molecule has 0 spiro atoms. The van der Waals surface area contributed by atoms with Gasteiger partial charge in [-0.3, -0.25) is 14.2 Å². The molecule has 0 unspecified atom stereocenters. The zero-order valence-corrected chi connectivity index (χ0v) is 17.6. The van der Waals surface area contributed by atoms with E-state index in [2.05, 4.69) is 6.92 Å². The maximum absolute atomic E-state index is 13.3. The van der Waals surface area contributed by atoms with E-state index in [0.29, 0.717) is 29.6 Å². The van der Waals surface area contributed by atoms with E-state index in [4.69, 9.17) is 4.98 Å². The van der Waals surface area contributed by atoms with Crippen molar-refractivity contribution in [1.82, 2.24) is 14.5 Å². The average molecular weight is 404 g/mol. The van der Waals surface area contributed by atoms with E-state index in [-0.39, 0.29) is 11.5 Å². The summed E-state index contributed by atoms with van der Waals surface area (Å²) in [4.78, 5) is 33.0. The maximum Gasteiger partial charge on any atom is 0.261 e. The second kappa shape index (κ2) is 9.24. The third kappa shape index (κ3) is 4.30. The predicted octanol–water partition coefficient (Wildman–Crippen LogP) is 4.57. The van der Waals surface area contributed by atoms with Gasteiger partial charge in [0, 0.05) is 31.6 Å². The smallest absolute Gasteiger partial charge is 0.261 e. The Hall–Kier alpha value is -2.95. The van der Waals surface area contributed by atoms with Gasteiger partial charge in [-0.25, -0.2) is 4.98 Å². The largest absolute Gasteiger partial charge is 0.334 e. The summed E-state index contributed by atoms with van der Waals surface area (Å²) >= 11 is 0. The van der Waals surface area contributed by atoms with Gasteiger partial charge < -0.3 is 4.90 Å². The molecular weight excluding hydrogens is 374 g/mol. The zero-order valence-electron chi connectivity index (χ0n) is 17.6. The SMILES string of the molecule is CCCN(Cc1ccccc1)C(=O)c1ccc2c(=O)n3c(nc2c1)CCCCCC3. The number of carbonyl (C=O) groups excluding carboxylic acids is 1. The Balaban J connectivity index is 1.68. The van der Waals surface area contributed by atoms with E-state index in [1.54, 1.807) is 18.2 Å². The van der Waals surface area contributed by atoms with Crippen LogP contribution >= 0.6 is 0 Å². The molecule has 3 aromatic rings. The number of fused-ring (bicyclic) bond motifs is 2. The number of aromatic nitrogens is 2. The number of rotatable bonds is 5. The first kappa shape index (κ1) is 20.3. The van der Waals surface area contributed by atoms with Crippen molar-refractivity contribution in [3.05, 3.63) is 75.8 Å². The molecule has 4 rings (SSSR count). The zero-order chi connectivity index (χ0) is 20.9. The molecule has 1 aliphatic rings. The van der Waals surface area contributed by atoms with Crippen LogP contribution in [0.15, 0.2) is 53.3 Å². The van der Waals surface area contributed by atoms with E-state index >= 15 is 0 Å². The summed E-state index contributed by atoms with van der Waals surface area (Å²) < 4.78 is 1.84. The fourth-order valence-corrected chi connectivity index (χ4v) is 4.24. The number of carbonyl (C=O) groups is 1.